The zero-order chi connectivity index (χ0) is 12.0. The van der Waals surface area contributed by atoms with E-state index in [-0.39, 0.29) is 0 Å². The minimum Gasteiger partial charge on any atom is -0.377 e. The molecule has 88 valence electrons. The van der Waals surface area contributed by atoms with Crippen LogP contribution >= 0.6 is 11.8 Å². The van der Waals surface area contributed by atoms with Crippen molar-refractivity contribution in [1.29, 1.82) is 0 Å². The molecule has 0 aromatic carbocycles. The highest BCUT2D eigenvalue weighted by Crippen LogP contribution is 2.24. The van der Waals surface area contributed by atoms with Crippen LogP contribution in [0.15, 0.2) is 48.2 Å². The highest BCUT2D eigenvalue weighted by Gasteiger charge is 2.10. The average Bonchev–Trinajstić information content (AvgIpc) is 2.35. The van der Waals surface area contributed by atoms with E-state index >= 15 is 0 Å². The predicted octanol–water partition coefficient (Wildman–Crippen LogP) is 3.63. The first-order valence-corrected chi connectivity index (χ1v) is 7.01. The van der Waals surface area contributed by atoms with Crippen molar-refractivity contribution in [2.75, 3.05) is 25.6 Å². The van der Waals surface area contributed by atoms with Crippen LogP contribution in [0.1, 0.15) is 12.8 Å². The van der Waals surface area contributed by atoms with E-state index in [2.05, 4.69) is 43.5 Å². The van der Waals surface area contributed by atoms with Crippen LogP contribution in [0.5, 0.6) is 0 Å². The van der Waals surface area contributed by atoms with Gasteiger partial charge in [-0.1, -0.05) is 25.3 Å². The Morgan fingerprint density at radius 2 is 2.38 bits per heavy atom. The third-order valence-corrected chi connectivity index (χ3v) is 3.42. The highest BCUT2D eigenvalue weighted by atomic mass is 32.2. The molecular weight excluding hydrogens is 214 g/mol. The van der Waals surface area contributed by atoms with Crippen LogP contribution in [-0.2, 0) is 0 Å². The van der Waals surface area contributed by atoms with Crippen LogP contribution in [0.4, 0.5) is 0 Å². The lowest BCUT2D eigenvalue weighted by molar-refractivity contribution is 0.425. The van der Waals surface area contributed by atoms with Gasteiger partial charge in [-0.05, 0) is 36.3 Å². The quantitative estimate of drug-likeness (QED) is 0.647. The van der Waals surface area contributed by atoms with Crippen molar-refractivity contribution >= 4 is 11.8 Å². The van der Waals surface area contributed by atoms with Crippen LogP contribution in [0.25, 0.3) is 0 Å². The van der Waals surface area contributed by atoms with E-state index in [1.54, 1.807) is 0 Å². The highest BCUT2D eigenvalue weighted by molar-refractivity contribution is 7.98. The fourth-order valence-corrected chi connectivity index (χ4v) is 2.16. The number of hydrogen-bond acceptors (Lipinski definition) is 2. The normalized spacial score (nSPS) is 15.1. The van der Waals surface area contributed by atoms with Gasteiger partial charge >= 0.3 is 0 Å². The zero-order valence-electron chi connectivity index (χ0n) is 10.3. The van der Waals surface area contributed by atoms with Gasteiger partial charge in [0.15, 0.2) is 0 Å². The van der Waals surface area contributed by atoms with Gasteiger partial charge in [-0.3, -0.25) is 0 Å². The Morgan fingerprint density at radius 1 is 1.62 bits per heavy atom. The lowest BCUT2D eigenvalue weighted by Gasteiger charge is -2.25. The first kappa shape index (κ1) is 13.2. The van der Waals surface area contributed by atoms with E-state index in [1.807, 2.05) is 17.8 Å². The molecule has 1 aliphatic rings. The maximum absolute atomic E-state index is 4.00. The second kappa shape index (κ2) is 6.64. The predicted molar refractivity (Wildman–Crippen MR) is 75.7 cm³/mol. The van der Waals surface area contributed by atoms with Crippen molar-refractivity contribution in [3.63, 3.8) is 0 Å². The molecule has 0 aromatic heterocycles. The Hall–Kier alpha value is -0.890. The summed E-state index contributed by atoms with van der Waals surface area (Å²) in [7, 11) is 2.17. The molecule has 2 heteroatoms. The van der Waals surface area contributed by atoms with Gasteiger partial charge in [0.1, 0.15) is 0 Å². The van der Waals surface area contributed by atoms with Crippen molar-refractivity contribution < 1.29 is 0 Å². The molecule has 1 rings (SSSR count). The van der Waals surface area contributed by atoms with E-state index in [0.717, 1.165) is 25.0 Å². The molecule has 0 aliphatic heterocycles. The molecule has 0 spiro atoms. The van der Waals surface area contributed by atoms with Gasteiger partial charge in [0.05, 0.1) is 0 Å². The van der Waals surface area contributed by atoms with Crippen molar-refractivity contribution in [3.05, 3.63) is 48.2 Å². The minimum atomic E-state index is 1.02. The summed E-state index contributed by atoms with van der Waals surface area (Å²) in [5, 5.41) is 0. The Morgan fingerprint density at radius 3 is 3.00 bits per heavy atom. The van der Waals surface area contributed by atoms with Gasteiger partial charge in [0, 0.05) is 25.0 Å². The van der Waals surface area contributed by atoms with Crippen LogP contribution in [0.2, 0.25) is 0 Å². The van der Waals surface area contributed by atoms with Gasteiger partial charge < -0.3 is 4.90 Å². The van der Waals surface area contributed by atoms with Gasteiger partial charge in [-0.25, -0.2) is 0 Å². The molecule has 16 heavy (non-hydrogen) atoms. The van der Waals surface area contributed by atoms with E-state index in [1.165, 1.54) is 17.0 Å². The summed E-state index contributed by atoms with van der Waals surface area (Å²) in [4.78, 5) is 2.35. The summed E-state index contributed by atoms with van der Waals surface area (Å²) in [6, 6.07) is 0. The zero-order valence-corrected chi connectivity index (χ0v) is 11.1. The van der Waals surface area contributed by atoms with Crippen LogP contribution in [-0.4, -0.2) is 30.5 Å². The summed E-state index contributed by atoms with van der Waals surface area (Å²) in [5.41, 5.74) is 3.66. The Kier molecular flexibility index (Phi) is 5.47. The number of thioether (sulfide) groups is 1. The molecular formula is C14H21NS. The van der Waals surface area contributed by atoms with Crippen molar-refractivity contribution in [2.24, 2.45) is 0 Å². The Balaban J connectivity index is 2.67. The molecule has 0 saturated heterocycles. The number of hydrogen-bond donors (Lipinski definition) is 0. The third-order valence-electron chi connectivity index (χ3n) is 2.83. The smallest absolute Gasteiger partial charge is 0.0262 e. The molecule has 0 radical (unpaired) electrons. The van der Waals surface area contributed by atoms with Crippen molar-refractivity contribution in [2.45, 2.75) is 12.8 Å². The maximum atomic E-state index is 4.00. The lowest BCUT2D eigenvalue weighted by Crippen LogP contribution is -2.21. The molecule has 0 bridgehead atoms. The van der Waals surface area contributed by atoms with Gasteiger partial charge in [-0.2, -0.15) is 11.8 Å². The molecule has 0 atom stereocenters. The first-order valence-electron chi connectivity index (χ1n) is 5.61. The molecule has 1 aliphatic carbocycles. The van der Waals surface area contributed by atoms with E-state index in [0.29, 0.717) is 0 Å². The molecule has 1 nitrogen and oxygen atoms in total. The largest absolute Gasteiger partial charge is 0.377 e. The monoisotopic (exact) mass is 235 g/mol. The Bertz CT molecular complexity index is 326. The van der Waals surface area contributed by atoms with Crippen LogP contribution in [0.3, 0.4) is 0 Å². The molecule has 0 saturated carbocycles. The molecule has 0 heterocycles. The van der Waals surface area contributed by atoms with Gasteiger partial charge in [0.2, 0.25) is 0 Å². The number of allylic oxidation sites excluding steroid dienone is 6. The third kappa shape index (κ3) is 3.60. The van der Waals surface area contributed by atoms with Gasteiger partial charge in [0.25, 0.3) is 0 Å². The second-order valence-corrected chi connectivity index (χ2v) is 4.96. The number of nitrogens with zero attached hydrogens (tertiary/aromatic N) is 1. The molecule has 0 fully saturated rings. The topological polar surface area (TPSA) is 3.24 Å². The first-order chi connectivity index (χ1) is 7.69. The standard InChI is InChI=1S/C14H21NS/c1-5-12(2)13-7-6-8-14(11-13)15(3)9-10-16-4/h5,7,11H,1-2,6,8-10H2,3-4H3. The fraction of sp³-hybridized carbons (Fsp3) is 0.429. The molecule has 0 amide bonds. The molecule has 0 N–H and O–H groups in total. The summed E-state index contributed by atoms with van der Waals surface area (Å²) in [5.74, 6) is 1.18. The summed E-state index contributed by atoms with van der Waals surface area (Å²) >= 11 is 1.89. The van der Waals surface area contributed by atoms with E-state index in [9.17, 15) is 0 Å². The van der Waals surface area contributed by atoms with Crippen molar-refractivity contribution in [3.8, 4) is 0 Å². The summed E-state index contributed by atoms with van der Waals surface area (Å²) in [6.45, 7) is 8.88. The lowest BCUT2D eigenvalue weighted by atomic mass is 9.98. The summed E-state index contributed by atoms with van der Waals surface area (Å²) in [6.07, 6.45) is 10.7. The SMILES string of the molecule is C=CC(=C)C1=CCCC(N(C)CCSC)=C1. The van der Waals surface area contributed by atoms with Crippen LogP contribution in [0, 0.1) is 0 Å². The minimum absolute atomic E-state index is 1.02. The number of rotatable bonds is 6. The Labute approximate surface area is 104 Å². The molecule has 0 unspecified atom stereocenters. The summed E-state index contributed by atoms with van der Waals surface area (Å²) < 4.78 is 0. The van der Waals surface area contributed by atoms with Gasteiger partial charge in [-0.15, -0.1) is 0 Å². The molecule has 0 aromatic rings. The average molecular weight is 235 g/mol. The maximum Gasteiger partial charge on any atom is 0.0262 e. The fourth-order valence-electron chi connectivity index (χ4n) is 1.70. The van der Waals surface area contributed by atoms with E-state index in [4.69, 9.17) is 0 Å². The van der Waals surface area contributed by atoms with Crippen molar-refractivity contribution in [1.82, 2.24) is 4.90 Å². The van der Waals surface area contributed by atoms with E-state index < -0.39 is 0 Å². The second-order valence-electron chi connectivity index (χ2n) is 3.98. The van der Waals surface area contributed by atoms with Crippen LogP contribution < -0.4 is 0 Å².